The Morgan fingerprint density at radius 3 is 2.78 bits per heavy atom. The molecule has 36 heavy (non-hydrogen) atoms. The van der Waals surface area contributed by atoms with Crippen LogP contribution in [0.25, 0.3) is 16.9 Å². The Morgan fingerprint density at radius 2 is 2.08 bits per heavy atom. The number of amides is 1. The maximum Gasteiger partial charge on any atom is 0.255 e. The summed E-state index contributed by atoms with van der Waals surface area (Å²) in [5.74, 6) is -0.543. The molecule has 4 heterocycles. The lowest BCUT2D eigenvalue weighted by Gasteiger charge is -2.23. The monoisotopic (exact) mass is 488 g/mol. The average molecular weight is 489 g/mol. The van der Waals surface area contributed by atoms with Crippen molar-refractivity contribution in [3.63, 3.8) is 0 Å². The van der Waals surface area contributed by atoms with Gasteiger partial charge in [0.05, 0.1) is 58.7 Å². The second kappa shape index (κ2) is 10.1. The van der Waals surface area contributed by atoms with Crippen LogP contribution in [-0.2, 0) is 0 Å². The zero-order valence-electron chi connectivity index (χ0n) is 20.0. The van der Waals surface area contributed by atoms with Crippen molar-refractivity contribution in [2.75, 3.05) is 11.9 Å². The number of aliphatic hydroxyl groups is 1. The minimum absolute atomic E-state index is 0.202. The van der Waals surface area contributed by atoms with E-state index >= 15 is 0 Å². The molecule has 11 heteroatoms. The summed E-state index contributed by atoms with van der Waals surface area (Å²) in [6, 6.07) is 7.23. The van der Waals surface area contributed by atoms with Gasteiger partial charge >= 0.3 is 0 Å². The topological polar surface area (TPSA) is 141 Å². The van der Waals surface area contributed by atoms with Crippen molar-refractivity contribution in [1.29, 1.82) is 5.26 Å². The molecule has 0 aliphatic rings. The summed E-state index contributed by atoms with van der Waals surface area (Å²) in [6.07, 6.45) is 7.73. The number of carbonyl (C=O) groups is 1. The summed E-state index contributed by atoms with van der Waals surface area (Å²) in [6.45, 7) is 4.24. The van der Waals surface area contributed by atoms with Crippen LogP contribution in [0.5, 0.6) is 0 Å². The Bertz CT molecular complexity index is 1430. The Kier molecular flexibility index (Phi) is 6.89. The quantitative estimate of drug-likeness (QED) is 0.344. The Hall–Kier alpha value is -4.43. The molecule has 2 atom stereocenters. The van der Waals surface area contributed by atoms with E-state index in [0.29, 0.717) is 28.2 Å². The first-order chi connectivity index (χ1) is 17.2. The molecule has 3 N–H and O–H groups in total. The number of hydrogen-bond acceptors (Lipinski definition) is 8. The molecule has 1 amide bonds. The first-order valence-electron chi connectivity index (χ1n) is 11.2. The first-order valence-corrected chi connectivity index (χ1v) is 11.2. The van der Waals surface area contributed by atoms with Gasteiger partial charge in [0, 0.05) is 24.8 Å². The molecule has 0 aliphatic carbocycles. The van der Waals surface area contributed by atoms with Gasteiger partial charge in [-0.3, -0.25) is 14.8 Å². The Labute approximate surface area is 206 Å². The lowest BCUT2D eigenvalue weighted by Crippen LogP contribution is -2.42. The van der Waals surface area contributed by atoms with E-state index in [9.17, 15) is 14.3 Å². The summed E-state index contributed by atoms with van der Waals surface area (Å²) in [7, 11) is 0. The molecule has 4 aromatic heterocycles. The summed E-state index contributed by atoms with van der Waals surface area (Å²) in [4.78, 5) is 25.9. The van der Waals surface area contributed by atoms with E-state index in [4.69, 9.17) is 5.26 Å². The van der Waals surface area contributed by atoms with Crippen LogP contribution in [0.4, 0.5) is 10.1 Å². The van der Waals surface area contributed by atoms with E-state index in [-0.39, 0.29) is 18.2 Å². The summed E-state index contributed by atoms with van der Waals surface area (Å²) >= 11 is 0. The second-order valence-corrected chi connectivity index (χ2v) is 8.88. The van der Waals surface area contributed by atoms with Gasteiger partial charge in [0.15, 0.2) is 5.65 Å². The molecule has 0 fully saturated rings. The van der Waals surface area contributed by atoms with Crippen molar-refractivity contribution in [3.05, 3.63) is 72.1 Å². The van der Waals surface area contributed by atoms with Crippen LogP contribution in [-0.4, -0.2) is 53.9 Å². The Morgan fingerprint density at radius 1 is 1.28 bits per heavy atom. The second-order valence-electron chi connectivity index (χ2n) is 8.88. The maximum absolute atomic E-state index is 14.2. The van der Waals surface area contributed by atoms with Crippen LogP contribution in [0.15, 0.2) is 55.4 Å². The van der Waals surface area contributed by atoms with E-state index in [0.717, 1.165) is 5.56 Å². The lowest BCUT2D eigenvalue weighted by molar-refractivity contribution is -0.00177. The van der Waals surface area contributed by atoms with Crippen LogP contribution in [0, 0.1) is 11.3 Å². The van der Waals surface area contributed by atoms with Crippen molar-refractivity contribution in [3.8, 4) is 17.3 Å². The van der Waals surface area contributed by atoms with Crippen molar-refractivity contribution in [2.24, 2.45) is 0 Å². The Balaban J connectivity index is 1.70. The molecular formula is C25H25FN8O2. The predicted molar refractivity (Wildman–Crippen MR) is 131 cm³/mol. The van der Waals surface area contributed by atoms with E-state index in [1.807, 2.05) is 25.1 Å². The molecule has 0 aliphatic heterocycles. The molecule has 0 saturated heterocycles. The number of halogens is 1. The number of carbonyl (C=O) groups excluding carboxylic acids is 1. The van der Waals surface area contributed by atoms with Gasteiger partial charge < -0.3 is 15.7 Å². The van der Waals surface area contributed by atoms with Gasteiger partial charge in [0.25, 0.3) is 5.91 Å². The van der Waals surface area contributed by atoms with Crippen LogP contribution in [0.1, 0.15) is 48.3 Å². The molecule has 4 aromatic rings. The van der Waals surface area contributed by atoms with Gasteiger partial charge in [-0.25, -0.2) is 13.9 Å². The van der Waals surface area contributed by atoms with Crippen molar-refractivity contribution >= 4 is 17.2 Å². The number of aromatic nitrogens is 5. The van der Waals surface area contributed by atoms with Gasteiger partial charge in [-0.15, -0.1) is 0 Å². The van der Waals surface area contributed by atoms with Crippen molar-refractivity contribution in [1.82, 2.24) is 29.9 Å². The number of anilines is 1. The van der Waals surface area contributed by atoms with Gasteiger partial charge in [-0.05, 0) is 38.5 Å². The van der Waals surface area contributed by atoms with Gasteiger partial charge in [-0.2, -0.15) is 10.4 Å². The van der Waals surface area contributed by atoms with Crippen LogP contribution < -0.4 is 10.6 Å². The molecule has 0 spiro atoms. The number of pyridine rings is 2. The molecule has 2 unspecified atom stereocenters. The molecule has 0 bridgehead atoms. The third kappa shape index (κ3) is 5.29. The number of nitriles is 1. The minimum atomic E-state index is -1.65. The van der Waals surface area contributed by atoms with Crippen LogP contribution in [0.2, 0.25) is 0 Å². The number of nitrogens with one attached hydrogen (secondary N) is 2. The van der Waals surface area contributed by atoms with Gasteiger partial charge in [0.1, 0.15) is 12.2 Å². The third-order valence-corrected chi connectivity index (χ3v) is 5.67. The largest absolute Gasteiger partial charge is 0.387 e. The van der Waals surface area contributed by atoms with Gasteiger partial charge in [0.2, 0.25) is 0 Å². The van der Waals surface area contributed by atoms with Crippen LogP contribution in [0.3, 0.4) is 0 Å². The number of hydrogen-bond donors (Lipinski definition) is 3. The fourth-order valence-corrected chi connectivity index (χ4v) is 3.49. The fourth-order valence-electron chi connectivity index (χ4n) is 3.49. The zero-order chi connectivity index (χ0) is 25.9. The maximum atomic E-state index is 14.2. The van der Waals surface area contributed by atoms with Crippen molar-refractivity contribution in [2.45, 2.75) is 38.6 Å². The van der Waals surface area contributed by atoms with E-state index in [1.54, 1.807) is 30.9 Å². The highest BCUT2D eigenvalue weighted by Gasteiger charge is 2.27. The fraction of sp³-hybridized carbons (Fsp3) is 0.280. The molecule has 184 valence electrons. The van der Waals surface area contributed by atoms with Crippen LogP contribution >= 0.6 is 0 Å². The normalized spacial score (nSPS) is 13.1. The number of rotatable bonds is 8. The predicted octanol–water partition coefficient (Wildman–Crippen LogP) is 3.07. The highest BCUT2D eigenvalue weighted by atomic mass is 19.1. The first kappa shape index (κ1) is 24.7. The SMILES string of the molecule is CC(Nc1cc(-c2cnn3cc(C#N)cnc23)ncc1C(=O)NCC(F)C(C)(C)O)c1cccnc1. The molecule has 0 saturated carbocycles. The summed E-state index contributed by atoms with van der Waals surface area (Å²) < 4.78 is 15.7. The van der Waals surface area contributed by atoms with E-state index in [2.05, 4.69) is 30.7 Å². The van der Waals surface area contributed by atoms with Gasteiger partial charge in [-0.1, -0.05) is 6.07 Å². The van der Waals surface area contributed by atoms with Crippen molar-refractivity contribution < 1.29 is 14.3 Å². The number of nitrogens with zero attached hydrogens (tertiary/aromatic N) is 6. The average Bonchev–Trinajstić information content (AvgIpc) is 3.30. The third-order valence-electron chi connectivity index (χ3n) is 5.67. The zero-order valence-corrected chi connectivity index (χ0v) is 20.0. The molecule has 0 radical (unpaired) electrons. The summed E-state index contributed by atoms with van der Waals surface area (Å²) in [5.41, 5.74) is 1.93. The molecule has 10 nitrogen and oxygen atoms in total. The highest BCUT2D eigenvalue weighted by Crippen LogP contribution is 2.29. The van der Waals surface area contributed by atoms with E-state index in [1.165, 1.54) is 30.8 Å². The van der Waals surface area contributed by atoms with E-state index < -0.39 is 17.7 Å². The molecule has 0 aromatic carbocycles. The molecular weight excluding hydrogens is 463 g/mol. The molecule has 4 rings (SSSR count). The minimum Gasteiger partial charge on any atom is -0.387 e. The highest BCUT2D eigenvalue weighted by molar-refractivity contribution is 6.00. The number of fused-ring (bicyclic) bond motifs is 1. The smallest absolute Gasteiger partial charge is 0.255 e. The standard InChI is InChI=1S/C25H25FN8O2/c1-15(17-5-4-6-28-10-17)33-21-7-20(18-12-32-34-14-16(8-27)9-30-23(18)34)29-11-19(21)24(35)31-13-22(26)25(2,3)36/h4-7,9-12,14-15,22,36H,13H2,1-3H3,(H,29,33)(H,31,35). The summed E-state index contributed by atoms with van der Waals surface area (Å²) in [5, 5.41) is 29.1. The number of alkyl halides is 1. The lowest BCUT2D eigenvalue weighted by atomic mass is 10.0.